The van der Waals surface area contributed by atoms with Crippen LogP contribution >= 0.6 is 37.0 Å². The quantitative estimate of drug-likeness (QED) is 0.262. The summed E-state index contributed by atoms with van der Waals surface area (Å²) < 4.78 is 0. The molecule has 0 spiro atoms. The van der Waals surface area contributed by atoms with E-state index in [0.717, 1.165) is 0 Å². The van der Waals surface area contributed by atoms with Crippen molar-refractivity contribution in [1.82, 2.24) is 9.97 Å². The van der Waals surface area contributed by atoms with Crippen LogP contribution in [-0.4, -0.2) is 16.2 Å². The molecule has 0 saturated heterocycles. The summed E-state index contributed by atoms with van der Waals surface area (Å²) in [7, 11) is 0. The van der Waals surface area contributed by atoms with E-state index in [2.05, 4.69) is 29.7 Å². The van der Waals surface area contributed by atoms with Gasteiger partial charge < -0.3 is 6.07 Å². The number of hydrogen-bond donors (Lipinski definition) is 0. The second-order valence-corrected chi connectivity index (χ2v) is 2.42. The van der Waals surface area contributed by atoms with Crippen molar-refractivity contribution in [2.24, 2.45) is 0 Å². The van der Waals surface area contributed by atoms with Gasteiger partial charge in [-0.2, -0.15) is 0 Å². The molecule has 1 aromatic heterocycles. The fourth-order valence-electron chi connectivity index (χ4n) is 0.384. The SMILES string of the molecule is CSc1nc[c-]c(Cl)n1.[Zn+][Br]. The van der Waals surface area contributed by atoms with Crippen LogP contribution in [0.2, 0.25) is 5.15 Å². The Labute approximate surface area is 91.6 Å². The van der Waals surface area contributed by atoms with E-state index in [1.54, 1.807) is 0 Å². The number of thioether (sulfide) groups is 1. The van der Waals surface area contributed by atoms with Gasteiger partial charge in [-0.15, -0.1) is 17.8 Å². The molecule has 0 aliphatic heterocycles. The van der Waals surface area contributed by atoms with Crippen molar-refractivity contribution in [3.05, 3.63) is 17.4 Å². The Kier molecular flexibility index (Phi) is 8.03. The molecule has 0 aliphatic rings. The van der Waals surface area contributed by atoms with E-state index in [4.69, 9.17) is 11.6 Å². The van der Waals surface area contributed by atoms with Gasteiger partial charge in [-0.25, -0.2) is 4.98 Å². The third kappa shape index (κ3) is 5.12. The Morgan fingerprint density at radius 3 is 2.73 bits per heavy atom. The van der Waals surface area contributed by atoms with Gasteiger partial charge in [0.15, 0.2) is 5.16 Å². The third-order valence-corrected chi connectivity index (χ3v) is 1.49. The average molecular weight is 305 g/mol. The molecule has 0 saturated carbocycles. The fourth-order valence-corrected chi connectivity index (χ4v) is 0.904. The van der Waals surface area contributed by atoms with E-state index in [1.165, 1.54) is 34.3 Å². The molecule has 0 atom stereocenters. The second kappa shape index (κ2) is 7.47. The molecule has 0 aliphatic carbocycles. The summed E-state index contributed by atoms with van der Waals surface area (Å²) in [5.74, 6) is 0. The summed E-state index contributed by atoms with van der Waals surface area (Å²) in [4.78, 5) is 7.72. The fraction of sp³-hybridized carbons (Fsp3) is 0.200. The number of hydrogen-bond acceptors (Lipinski definition) is 3. The van der Waals surface area contributed by atoms with Crippen LogP contribution in [-0.2, 0) is 16.3 Å². The molecular formula is C5H4BrClN2SZn. The zero-order chi connectivity index (χ0) is 8.69. The van der Waals surface area contributed by atoms with Gasteiger partial charge in [0.1, 0.15) is 0 Å². The van der Waals surface area contributed by atoms with Crippen LogP contribution in [0, 0.1) is 6.07 Å². The summed E-state index contributed by atoms with van der Waals surface area (Å²) in [6, 6.07) is 2.64. The van der Waals surface area contributed by atoms with E-state index in [0.29, 0.717) is 10.3 Å². The minimum atomic E-state index is 0.370. The topological polar surface area (TPSA) is 25.8 Å². The van der Waals surface area contributed by atoms with Crippen molar-refractivity contribution in [2.75, 3.05) is 6.26 Å². The maximum absolute atomic E-state index is 5.50. The molecule has 1 aromatic rings. The van der Waals surface area contributed by atoms with Crippen molar-refractivity contribution in [3.8, 4) is 0 Å². The Morgan fingerprint density at radius 2 is 2.36 bits per heavy atom. The molecule has 1 heterocycles. The van der Waals surface area contributed by atoms with Crippen molar-refractivity contribution in [3.63, 3.8) is 0 Å². The van der Waals surface area contributed by atoms with Crippen molar-refractivity contribution in [1.29, 1.82) is 0 Å². The van der Waals surface area contributed by atoms with Crippen LogP contribution in [0.1, 0.15) is 0 Å². The van der Waals surface area contributed by atoms with E-state index < -0.39 is 0 Å². The van der Waals surface area contributed by atoms with Crippen LogP contribution in [0.5, 0.6) is 0 Å². The number of nitrogens with zero attached hydrogens (tertiary/aromatic N) is 2. The Morgan fingerprint density at radius 1 is 1.73 bits per heavy atom. The van der Waals surface area contributed by atoms with Crippen molar-refractivity contribution < 1.29 is 16.3 Å². The molecule has 0 N–H and O–H groups in total. The molecule has 11 heavy (non-hydrogen) atoms. The molecule has 0 amide bonds. The standard InChI is InChI=1S/C5H4ClN2S.BrH.Zn/c1-9-5-7-3-2-4(6)8-5;;/h3H,1H3;1H;/q-1;;+2/p-1. The first kappa shape index (κ1) is 11.8. The van der Waals surface area contributed by atoms with Gasteiger partial charge in [-0.1, -0.05) is 11.8 Å². The average Bonchev–Trinajstić information content (AvgIpc) is 2.08. The van der Waals surface area contributed by atoms with Crippen LogP contribution in [0.15, 0.2) is 11.4 Å². The summed E-state index contributed by atoms with van der Waals surface area (Å²) in [6.07, 6.45) is 3.41. The first-order valence-electron chi connectivity index (χ1n) is 2.54. The predicted molar refractivity (Wildman–Crippen MR) is 46.6 cm³/mol. The molecular weight excluding hydrogens is 301 g/mol. The zero-order valence-corrected chi connectivity index (χ0v) is 12.0. The molecule has 0 fully saturated rings. The second-order valence-electron chi connectivity index (χ2n) is 1.29. The zero-order valence-electron chi connectivity index (χ0n) is 5.84. The molecule has 0 radical (unpaired) electrons. The van der Waals surface area contributed by atoms with E-state index in [9.17, 15) is 0 Å². The predicted octanol–water partition coefficient (Wildman–Crippen LogP) is 2.50. The van der Waals surface area contributed by atoms with E-state index in [-0.39, 0.29) is 0 Å². The Balaban J connectivity index is 0.000000461. The summed E-state index contributed by atoms with van der Waals surface area (Å²) >= 11 is 11.2. The molecule has 0 aromatic carbocycles. The van der Waals surface area contributed by atoms with Gasteiger partial charge >= 0.3 is 30.0 Å². The maximum atomic E-state index is 5.50. The van der Waals surface area contributed by atoms with E-state index in [1.807, 2.05) is 6.26 Å². The minimum absolute atomic E-state index is 0.370. The van der Waals surface area contributed by atoms with Crippen LogP contribution in [0.3, 0.4) is 0 Å². The third-order valence-electron chi connectivity index (χ3n) is 0.735. The first-order valence-corrected chi connectivity index (χ1v) is 11.1. The normalized spacial score (nSPS) is 8.45. The number of aromatic nitrogens is 2. The van der Waals surface area contributed by atoms with Gasteiger partial charge in [0.25, 0.3) is 0 Å². The van der Waals surface area contributed by atoms with Gasteiger partial charge in [0, 0.05) is 0 Å². The van der Waals surface area contributed by atoms with Gasteiger partial charge in [0.2, 0.25) is 0 Å². The van der Waals surface area contributed by atoms with Crippen LogP contribution in [0.25, 0.3) is 0 Å². The first-order chi connectivity index (χ1) is 5.33. The van der Waals surface area contributed by atoms with Crippen LogP contribution < -0.4 is 0 Å². The molecule has 0 unspecified atom stereocenters. The summed E-state index contributed by atoms with van der Waals surface area (Å²) in [5.41, 5.74) is 0. The molecule has 0 bridgehead atoms. The molecule has 2 nitrogen and oxygen atoms in total. The summed E-state index contributed by atoms with van der Waals surface area (Å²) in [6.45, 7) is 0. The molecule has 1 rings (SSSR count). The summed E-state index contributed by atoms with van der Waals surface area (Å²) in [5, 5.41) is 1.05. The molecule has 56 valence electrons. The van der Waals surface area contributed by atoms with E-state index >= 15 is 0 Å². The number of rotatable bonds is 1. The Bertz CT molecular complexity index is 213. The monoisotopic (exact) mass is 302 g/mol. The van der Waals surface area contributed by atoms with Gasteiger partial charge in [0.05, 0.1) is 0 Å². The van der Waals surface area contributed by atoms with Crippen molar-refractivity contribution >= 4 is 37.0 Å². The van der Waals surface area contributed by atoms with Crippen LogP contribution in [0.4, 0.5) is 0 Å². The Hall–Kier alpha value is 0.823. The number of halogens is 2. The van der Waals surface area contributed by atoms with Gasteiger partial charge in [-0.05, 0) is 11.4 Å². The van der Waals surface area contributed by atoms with Crippen molar-refractivity contribution in [2.45, 2.75) is 5.16 Å². The van der Waals surface area contributed by atoms with Gasteiger partial charge in [-0.3, -0.25) is 4.98 Å². The molecule has 6 heteroatoms.